The minimum atomic E-state index is -0.783. The molecule has 0 aromatic rings. The largest absolute Gasteiger partial charge is 0.480 e. The van der Waals surface area contributed by atoms with Crippen LogP contribution in [0.2, 0.25) is 0 Å². The number of likely N-dealkylation sites (N-methyl/N-ethyl adjacent to an activating group) is 1. The fraction of sp³-hybridized carbons (Fsp3) is 0.933. The van der Waals surface area contributed by atoms with Crippen molar-refractivity contribution in [1.82, 2.24) is 15.1 Å². The predicted octanol–water partition coefficient (Wildman–Crippen LogP) is 0.998. The maximum atomic E-state index is 11.5. The van der Waals surface area contributed by atoms with E-state index in [0.29, 0.717) is 12.5 Å². The van der Waals surface area contributed by atoms with E-state index in [1.807, 2.05) is 6.92 Å². The van der Waals surface area contributed by atoms with Crippen LogP contribution in [0.15, 0.2) is 0 Å². The van der Waals surface area contributed by atoms with Gasteiger partial charge in [-0.25, -0.2) is 0 Å². The van der Waals surface area contributed by atoms with Crippen molar-refractivity contribution in [2.75, 3.05) is 33.2 Å². The number of aliphatic carboxylic acids is 1. The number of nitrogens with one attached hydrogen (secondary N) is 1. The topological polar surface area (TPSA) is 55.8 Å². The number of carboxylic acid groups (broad SMARTS) is 1. The molecule has 1 unspecified atom stereocenters. The number of piperazine rings is 1. The van der Waals surface area contributed by atoms with Crippen LogP contribution >= 0.6 is 0 Å². The number of hydrogen-bond donors (Lipinski definition) is 2. The van der Waals surface area contributed by atoms with Crippen molar-refractivity contribution >= 4 is 5.97 Å². The molecule has 0 aromatic heterocycles. The van der Waals surface area contributed by atoms with Gasteiger partial charge in [0.15, 0.2) is 0 Å². The molecule has 20 heavy (non-hydrogen) atoms. The molecule has 1 atom stereocenters. The summed E-state index contributed by atoms with van der Waals surface area (Å²) in [6, 6.07) is 0.417. The Kier molecular flexibility index (Phi) is 4.42. The second-order valence-electron chi connectivity index (χ2n) is 7.32. The van der Waals surface area contributed by atoms with Gasteiger partial charge in [0.05, 0.1) is 0 Å². The fourth-order valence-electron chi connectivity index (χ4n) is 2.83. The molecule has 0 radical (unpaired) electrons. The number of carboxylic acids is 1. The highest BCUT2D eigenvalue weighted by Gasteiger charge is 2.39. The van der Waals surface area contributed by atoms with Crippen LogP contribution in [0.4, 0.5) is 0 Å². The van der Waals surface area contributed by atoms with Crippen molar-refractivity contribution in [1.29, 1.82) is 0 Å². The molecule has 2 rings (SSSR count). The third-order valence-corrected chi connectivity index (χ3v) is 4.90. The summed E-state index contributed by atoms with van der Waals surface area (Å²) in [5.74, 6) is -0.724. The van der Waals surface area contributed by atoms with Gasteiger partial charge in [-0.3, -0.25) is 15.0 Å². The minimum Gasteiger partial charge on any atom is -0.480 e. The SMILES string of the molecule is CN1CCN(CCC(C)(NC2CC2)C(=O)O)CC1(C)C. The Labute approximate surface area is 122 Å². The van der Waals surface area contributed by atoms with Crippen molar-refractivity contribution < 1.29 is 9.90 Å². The van der Waals surface area contributed by atoms with Crippen LogP contribution in [-0.2, 0) is 4.79 Å². The van der Waals surface area contributed by atoms with Gasteiger partial charge in [0, 0.05) is 37.8 Å². The second kappa shape index (κ2) is 5.62. The molecular weight excluding hydrogens is 254 g/mol. The third-order valence-electron chi connectivity index (χ3n) is 4.90. The van der Waals surface area contributed by atoms with E-state index in [0.717, 1.165) is 39.0 Å². The number of rotatable bonds is 6. The van der Waals surface area contributed by atoms with Gasteiger partial charge >= 0.3 is 5.97 Å². The lowest BCUT2D eigenvalue weighted by Crippen LogP contribution is -2.59. The van der Waals surface area contributed by atoms with Gasteiger partial charge in [-0.2, -0.15) is 0 Å². The molecular formula is C15H29N3O2. The summed E-state index contributed by atoms with van der Waals surface area (Å²) in [6.45, 7) is 10.2. The smallest absolute Gasteiger partial charge is 0.323 e. The zero-order chi connectivity index (χ0) is 15.0. The molecule has 0 amide bonds. The van der Waals surface area contributed by atoms with Gasteiger partial charge in [-0.05, 0) is 47.1 Å². The molecule has 1 saturated carbocycles. The molecule has 0 spiro atoms. The normalized spacial score (nSPS) is 27.2. The molecule has 2 fully saturated rings. The van der Waals surface area contributed by atoms with Gasteiger partial charge in [0.25, 0.3) is 0 Å². The van der Waals surface area contributed by atoms with E-state index in [9.17, 15) is 9.90 Å². The van der Waals surface area contributed by atoms with E-state index < -0.39 is 11.5 Å². The molecule has 2 aliphatic rings. The minimum absolute atomic E-state index is 0.168. The first-order chi connectivity index (χ1) is 9.23. The number of hydrogen-bond acceptors (Lipinski definition) is 4. The highest BCUT2D eigenvalue weighted by atomic mass is 16.4. The van der Waals surface area contributed by atoms with E-state index in [-0.39, 0.29) is 5.54 Å². The second-order valence-corrected chi connectivity index (χ2v) is 7.32. The molecule has 1 heterocycles. The third kappa shape index (κ3) is 3.71. The maximum Gasteiger partial charge on any atom is 0.323 e. The van der Waals surface area contributed by atoms with Crippen molar-refractivity contribution in [3.8, 4) is 0 Å². The highest BCUT2D eigenvalue weighted by molar-refractivity contribution is 5.78. The van der Waals surface area contributed by atoms with Crippen molar-refractivity contribution in [3.63, 3.8) is 0 Å². The van der Waals surface area contributed by atoms with E-state index in [2.05, 4.69) is 36.0 Å². The van der Waals surface area contributed by atoms with Crippen molar-refractivity contribution in [2.24, 2.45) is 0 Å². The van der Waals surface area contributed by atoms with Crippen molar-refractivity contribution in [2.45, 2.75) is 57.2 Å². The molecule has 5 nitrogen and oxygen atoms in total. The van der Waals surface area contributed by atoms with Crippen LogP contribution < -0.4 is 5.32 Å². The van der Waals surface area contributed by atoms with Gasteiger partial charge in [-0.15, -0.1) is 0 Å². The predicted molar refractivity (Wildman–Crippen MR) is 80.0 cm³/mol. The average Bonchev–Trinajstić information content (AvgIpc) is 3.14. The standard InChI is InChI=1S/C15H29N3O2/c1-14(2)11-18(10-9-17(14)4)8-7-15(3,13(19)20)16-12-5-6-12/h12,16H,5-11H2,1-4H3,(H,19,20). The Bertz CT molecular complexity index is 368. The van der Waals surface area contributed by atoms with Crippen LogP contribution in [0.5, 0.6) is 0 Å². The monoisotopic (exact) mass is 283 g/mol. The van der Waals surface area contributed by atoms with Crippen molar-refractivity contribution in [3.05, 3.63) is 0 Å². The van der Waals surface area contributed by atoms with Crippen LogP contribution in [0.1, 0.15) is 40.0 Å². The van der Waals surface area contributed by atoms with Gasteiger partial charge < -0.3 is 10.0 Å². The molecule has 5 heteroatoms. The lowest BCUT2D eigenvalue weighted by molar-refractivity contribution is -0.144. The molecule has 116 valence electrons. The Balaban J connectivity index is 1.87. The Morgan fingerprint density at radius 1 is 1.40 bits per heavy atom. The summed E-state index contributed by atoms with van der Waals surface area (Å²) in [4.78, 5) is 16.3. The molecule has 1 aliphatic carbocycles. The summed E-state index contributed by atoms with van der Waals surface area (Å²) in [7, 11) is 2.16. The Hall–Kier alpha value is -0.650. The lowest BCUT2D eigenvalue weighted by atomic mass is 9.95. The molecule has 1 aliphatic heterocycles. The molecule has 1 saturated heterocycles. The van der Waals surface area contributed by atoms with E-state index in [1.54, 1.807) is 0 Å². The first kappa shape index (κ1) is 15.7. The van der Waals surface area contributed by atoms with E-state index in [1.165, 1.54) is 0 Å². The van der Waals surface area contributed by atoms with Gasteiger partial charge in [0.1, 0.15) is 5.54 Å². The van der Waals surface area contributed by atoms with Gasteiger partial charge in [-0.1, -0.05) is 0 Å². The number of nitrogens with zero attached hydrogens (tertiary/aromatic N) is 2. The zero-order valence-corrected chi connectivity index (χ0v) is 13.3. The first-order valence-corrected chi connectivity index (χ1v) is 7.68. The zero-order valence-electron chi connectivity index (χ0n) is 13.3. The van der Waals surface area contributed by atoms with E-state index >= 15 is 0 Å². The molecule has 0 aromatic carbocycles. The highest BCUT2D eigenvalue weighted by Crippen LogP contribution is 2.25. The van der Waals surface area contributed by atoms with E-state index in [4.69, 9.17) is 0 Å². The Morgan fingerprint density at radius 3 is 2.55 bits per heavy atom. The summed E-state index contributed by atoms with van der Waals surface area (Å²) < 4.78 is 0. The average molecular weight is 283 g/mol. The Morgan fingerprint density at radius 2 is 2.05 bits per heavy atom. The molecule has 0 bridgehead atoms. The summed E-state index contributed by atoms with van der Waals surface area (Å²) in [5, 5.41) is 12.8. The van der Waals surface area contributed by atoms with Gasteiger partial charge in [0.2, 0.25) is 0 Å². The fourth-order valence-corrected chi connectivity index (χ4v) is 2.83. The molecule has 2 N–H and O–H groups in total. The quantitative estimate of drug-likeness (QED) is 0.761. The van der Waals surface area contributed by atoms with Crippen LogP contribution in [0, 0.1) is 0 Å². The number of carbonyl (C=O) groups is 1. The lowest BCUT2D eigenvalue weighted by Gasteiger charge is -2.46. The van der Waals surface area contributed by atoms with Crippen LogP contribution in [0.3, 0.4) is 0 Å². The van der Waals surface area contributed by atoms with Crippen LogP contribution in [0.25, 0.3) is 0 Å². The van der Waals surface area contributed by atoms with Crippen LogP contribution in [-0.4, -0.2) is 71.2 Å². The summed E-state index contributed by atoms with van der Waals surface area (Å²) in [5.41, 5.74) is -0.615. The first-order valence-electron chi connectivity index (χ1n) is 7.68. The summed E-state index contributed by atoms with van der Waals surface area (Å²) >= 11 is 0. The maximum absolute atomic E-state index is 11.5. The summed E-state index contributed by atoms with van der Waals surface area (Å²) in [6.07, 6.45) is 2.90.